The van der Waals surface area contributed by atoms with Crippen LogP contribution in [0.3, 0.4) is 0 Å². The fourth-order valence-corrected chi connectivity index (χ4v) is 1.50. The molecule has 1 aromatic rings. The van der Waals surface area contributed by atoms with Gasteiger partial charge in [-0.1, -0.05) is 13.8 Å². The quantitative estimate of drug-likeness (QED) is 0.740. The standard InChI is InChI=1S/C12H18INO3/c1-9(2)14-7-10(15)8-16-11-3-5-12(17-13)6-4-11/h3-6,9-10,14-15H,7-8H2,1-2H3. The highest BCUT2D eigenvalue weighted by Crippen LogP contribution is 2.18. The van der Waals surface area contributed by atoms with E-state index < -0.39 is 6.10 Å². The van der Waals surface area contributed by atoms with E-state index in [9.17, 15) is 5.11 Å². The molecule has 1 rings (SSSR count). The zero-order valence-electron chi connectivity index (χ0n) is 10.0. The summed E-state index contributed by atoms with van der Waals surface area (Å²) in [6.45, 7) is 4.89. The summed E-state index contributed by atoms with van der Waals surface area (Å²) in [6.07, 6.45) is -0.502. The van der Waals surface area contributed by atoms with Crippen molar-refractivity contribution in [3.8, 4) is 11.5 Å². The molecule has 0 radical (unpaired) electrons. The Labute approximate surface area is 116 Å². The van der Waals surface area contributed by atoms with Crippen LogP contribution in [0.1, 0.15) is 13.8 Å². The number of aliphatic hydroxyl groups is 1. The van der Waals surface area contributed by atoms with Gasteiger partial charge >= 0.3 is 0 Å². The lowest BCUT2D eigenvalue weighted by Crippen LogP contribution is -2.35. The van der Waals surface area contributed by atoms with Gasteiger partial charge in [0.1, 0.15) is 24.2 Å². The van der Waals surface area contributed by atoms with E-state index in [-0.39, 0.29) is 6.61 Å². The molecule has 17 heavy (non-hydrogen) atoms. The van der Waals surface area contributed by atoms with Crippen molar-refractivity contribution in [2.75, 3.05) is 13.2 Å². The van der Waals surface area contributed by atoms with Crippen LogP contribution in [0.5, 0.6) is 11.5 Å². The molecule has 0 aliphatic carbocycles. The number of ether oxygens (including phenoxy) is 1. The Bertz CT molecular complexity index is 316. The van der Waals surface area contributed by atoms with Gasteiger partial charge < -0.3 is 18.2 Å². The topological polar surface area (TPSA) is 50.7 Å². The fraction of sp³-hybridized carbons (Fsp3) is 0.500. The van der Waals surface area contributed by atoms with E-state index in [2.05, 4.69) is 5.32 Å². The summed E-state index contributed by atoms with van der Waals surface area (Å²) in [5.41, 5.74) is 0. The summed E-state index contributed by atoms with van der Waals surface area (Å²) in [4.78, 5) is 0. The van der Waals surface area contributed by atoms with Crippen molar-refractivity contribution in [2.24, 2.45) is 0 Å². The number of rotatable bonds is 7. The van der Waals surface area contributed by atoms with Crippen molar-refractivity contribution in [1.82, 2.24) is 5.32 Å². The van der Waals surface area contributed by atoms with E-state index in [1.54, 1.807) is 0 Å². The highest BCUT2D eigenvalue weighted by molar-refractivity contribution is 14.1. The largest absolute Gasteiger partial charge is 0.491 e. The minimum atomic E-state index is -0.502. The summed E-state index contributed by atoms with van der Waals surface area (Å²) < 4.78 is 10.5. The van der Waals surface area contributed by atoms with Crippen LogP contribution in [0, 0.1) is 0 Å². The van der Waals surface area contributed by atoms with Crippen LogP contribution in [0.25, 0.3) is 0 Å². The Kier molecular flexibility index (Phi) is 6.61. The Hall–Kier alpha value is -0.530. The second-order valence-electron chi connectivity index (χ2n) is 4.08. The van der Waals surface area contributed by atoms with Crippen molar-refractivity contribution in [3.63, 3.8) is 0 Å². The SMILES string of the molecule is CC(C)NCC(O)COc1ccc(OI)cc1. The highest BCUT2D eigenvalue weighted by Gasteiger charge is 2.05. The van der Waals surface area contributed by atoms with Crippen molar-refractivity contribution in [1.29, 1.82) is 0 Å². The maximum Gasteiger partial charge on any atom is 0.192 e. The van der Waals surface area contributed by atoms with E-state index in [1.807, 2.05) is 61.1 Å². The molecular weight excluding hydrogens is 333 g/mol. The number of halogens is 1. The Balaban J connectivity index is 2.29. The third-order valence-corrected chi connectivity index (χ3v) is 2.63. The predicted molar refractivity (Wildman–Crippen MR) is 75.7 cm³/mol. The third kappa shape index (κ3) is 6.09. The van der Waals surface area contributed by atoms with Crippen LogP contribution in [0.2, 0.25) is 0 Å². The van der Waals surface area contributed by atoms with Gasteiger partial charge in [-0.25, -0.2) is 0 Å². The first kappa shape index (κ1) is 14.5. The summed E-state index contributed by atoms with van der Waals surface area (Å²) in [7, 11) is 0. The molecule has 0 spiro atoms. The average Bonchev–Trinajstić information content (AvgIpc) is 2.34. The number of hydrogen-bond donors (Lipinski definition) is 2. The van der Waals surface area contributed by atoms with Crippen molar-refractivity contribution >= 4 is 23.0 Å². The van der Waals surface area contributed by atoms with Crippen molar-refractivity contribution in [3.05, 3.63) is 24.3 Å². The lowest BCUT2D eigenvalue weighted by atomic mass is 10.3. The molecule has 0 fully saturated rings. The molecule has 96 valence electrons. The smallest absolute Gasteiger partial charge is 0.192 e. The van der Waals surface area contributed by atoms with Gasteiger partial charge in [-0.05, 0) is 24.3 Å². The van der Waals surface area contributed by atoms with E-state index in [1.165, 1.54) is 0 Å². The van der Waals surface area contributed by atoms with E-state index in [0.717, 1.165) is 11.5 Å². The zero-order valence-corrected chi connectivity index (χ0v) is 12.2. The Morgan fingerprint density at radius 2 is 1.82 bits per heavy atom. The maximum atomic E-state index is 9.65. The highest BCUT2D eigenvalue weighted by atomic mass is 127. The summed E-state index contributed by atoms with van der Waals surface area (Å²) in [5.74, 6) is 1.51. The lowest BCUT2D eigenvalue weighted by molar-refractivity contribution is 0.104. The van der Waals surface area contributed by atoms with Gasteiger partial charge in [0.05, 0.1) is 0 Å². The van der Waals surface area contributed by atoms with E-state index >= 15 is 0 Å². The van der Waals surface area contributed by atoms with Gasteiger partial charge in [-0.3, -0.25) is 0 Å². The maximum absolute atomic E-state index is 9.65. The molecule has 2 N–H and O–H groups in total. The van der Waals surface area contributed by atoms with Crippen LogP contribution in [0.15, 0.2) is 24.3 Å². The Morgan fingerprint density at radius 3 is 2.35 bits per heavy atom. The number of benzene rings is 1. The van der Waals surface area contributed by atoms with Gasteiger partial charge in [0.2, 0.25) is 0 Å². The molecule has 0 bridgehead atoms. The normalized spacial score (nSPS) is 12.5. The van der Waals surface area contributed by atoms with Crippen LogP contribution < -0.4 is 13.1 Å². The van der Waals surface area contributed by atoms with Gasteiger partial charge in [0.25, 0.3) is 0 Å². The van der Waals surface area contributed by atoms with Gasteiger partial charge in [0.15, 0.2) is 23.0 Å². The van der Waals surface area contributed by atoms with Crippen molar-refractivity contribution < 1.29 is 12.9 Å². The molecule has 1 aromatic carbocycles. The molecule has 0 amide bonds. The van der Waals surface area contributed by atoms with Crippen LogP contribution >= 0.6 is 23.0 Å². The van der Waals surface area contributed by atoms with Gasteiger partial charge in [-0.2, -0.15) is 0 Å². The zero-order chi connectivity index (χ0) is 12.7. The summed E-state index contributed by atoms with van der Waals surface area (Å²) in [6, 6.07) is 7.64. The molecule has 0 saturated heterocycles. The van der Waals surface area contributed by atoms with Crippen LogP contribution in [-0.4, -0.2) is 30.4 Å². The van der Waals surface area contributed by atoms with Gasteiger partial charge in [-0.15, -0.1) is 0 Å². The van der Waals surface area contributed by atoms with E-state index in [0.29, 0.717) is 12.6 Å². The second-order valence-corrected chi connectivity index (χ2v) is 4.52. The lowest BCUT2D eigenvalue weighted by Gasteiger charge is -2.15. The number of aliphatic hydroxyl groups excluding tert-OH is 1. The molecule has 1 unspecified atom stereocenters. The molecule has 0 aliphatic heterocycles. The number of nitrogens with one attached hydrogen (secondary N) is 1. The summed E-state index contributed by atoms with van der Waals surface area (Å²) >= 11 is 1.82. The monoisotopic (exact) mass is 351 g/mol. The molecule has 5 heteroatoms. The summed E-state index contributed by atoms with van der Waals surface area (Å²) in [5, 5.41) is 12.8. The van der Waals surface area contributed by atoms with Gasteiger partial charge in [0, 0.05) is 12.6 Å². The molecule has 1 atom stereocenters. The first-order chi connectivity index (χ1) is 8.11. The van der Waals surface area contributed by atoms with Crippen molar-refractivity contribution in [2.45, 2.75) is 26.0 Å². The molecule has 0 aromatic heterocycles. The second kappa shape index (κ2) is 7.73. The Morgan fingerprint density at radius 1 is 1.24 bits per heavy atom. The van der Waals surface area contributed by atoms with E-state index in [4.69, 9.17) is 7.80 Å². The molecule has 0 saturated carbocycles. The molecule has 0 aliphatic rings. The molecule has 4 nitrogen and oxygen atoms in total. The average molecular weight is 351 g/mol. The minimum Gasteiger partial charge on any atom is -0.491 e. The molecule has 0 heterocycles. The van der Waals surface area contributed by atoms with Crippen LogP contribution in [-0.2, 0) is 0 Å². The minimum absolute atomic E-state index is 0.282. The molecular formula is C12H18INO3. The number of hydrogen-bond acceptors (Lipinski definition) is 4. The predicted octanol–water partition coefficient (Wildman–Crippen LogP) is 2.15. The first-order valence-electron chi connectivity index (χ1n) is 5.54. The van der Waals surface area contributed by atoms with Crippen LogP contribution in [0.4, 0.5) is 0 Å². The third-order valence-electron chi connectivity index (χ3n) is 2.12. The fourth-order valence-electron chi connectivity index (χ4n) is 1.21. The first-order valence-corrected chi connectivity index (χ1v) is 6.43.